The molecule has 0 aliphatic carbocycles. The van der Waals surface area contributed by atoms with Crippen LogP contribution in [0.15, 0.2) is 42.5 Å². The summed E-state index contributed by atoms with van der Waals surface area (Å²) in [5.41, 5.74) is 2.68. The van der Waals surface area contributed by atoms with E-state index in [1.54, 1.807) is 6.07 Å². The summed E-state index contributed by atoms with van der Waals surface area (Å²) in [6.45, 7) is 6.23. The number of sulfonamides is 1. The van der Waals surface area contributed by atoms with Gasteiger partial charge in [-0.2, -0.15) is 0 Å². The zero-order chi connectivity index (χ0) is 20.2. The van der Waals surface area contributed by atoms with Gasteiger partial charge >= 0.3 is 0 Å². The fraction of sp³-hybridized carbons (Fsp3) is 0.364. The van der Waals surface area contributed by atoms with Crippen LogP contribution in [-0.4, -0.2) is 27.2 Å². The Morgan fingerprint density at radius 2 is 1.96 bits per heavy atom. The molecule has 0 unspecified atom stereocenters. The molecular formula is C22H25NO4S. The van der Waals surface area contributed by atoms with Crippen molar-refractivity contribution in [2.75, 3.05) is 13.2 Å². The Kier molecular flexibility index (Phi) is 5.97. The van der Waals surface area contributed by atoms with Crippen LogP contribution in [0.2, 0.25) is 0 Å². The van der Waals surface area contributed by atoms with Gasteiger partial charge in [0.25, 0.3) is 0 Å². The number of aryl methyl sites for hydroxylation is 1. The van der Waals surface area contributed by atoms with Gasteiger partial charge in [-0.05, 0) is 32.4 Å². The average molecular weight is 400 g/mol. The first-order valence-corrected chi connectivity index (χ1v) is 10.8. The van der Waals surface area contributed by atoms with Crippen molar-refractivity contribution in [2.45, 2.75) is 38.5 Å². The van der Waals surface area contributed by atoms with E-state index in [1.807, 2.05) is 57.2 Å². The first kappa shape index (κ1) is 20.2. The molecule has 3 rings (SSSR count). The van der Waals surface area contributed by atoms with Gasteiger partial charge in [0.15, 0.2) is 11.5 Å². The second-order valence-corrected chi connectivity index (χ2v) is 9.30. The average Bonchev–Trinajstić information content (AvgIpc) is 2.92. The maximum absolute atomic E-state index is 12.1. The summed E-state index contributed by atoms with van der Waals surface area (Å²) in [6.07, 6.45) is 0.841. The van der Waals surface area contributed by atoms with Gasteiger partial charge in [0.1, 0.15) is 12.2 Å². The van der Waals surface area contributed by atoms with Crippen molar-refractivity contribution < 1.29 is 17.9 Å². The Bertz CT molecular complexity index is 1020. The van der Waals surface area contributed by atoms with Crippen molar-refractivity contribution in [3.05, 3.63) is 59.2 Å². The van der Waals surface area contributed by atoms with E-state index in [4.69, 9.17) is 9.47 Å². The van der Waals surface area contributed by atoms with Gasteiger partial charge < -0.3 is 9.47 Å². The third-order valence-corrected chi connectivity index (χ3v) is 5.60. The Balaban J connectivity index is 1.48. The zero-order valence-corrected chi connectivity index (χ0v) is 17.2. The molecule has 2 aromatic rings. The summed E-state index contributed by atoms with van der Waals surface area (Å²) in [5, 5.41) is 0. The molecule has 1 N–H and O–H groups in total. The SMILES string of the molecule is Cc1cccc(CS(=O)(=O)NCC#CCOc2cccc3c2OC(C)(C)C3)c1. The highest BCUT2D eigenvalue weighted by molar-refractivity contribution is 7.88. The minimum absolute atomic E-state index is 0.0495. The normalized spacial score (nSPS) is 14.5. The number of rotatable bonds is 6. The number of benzene rings is 2. The summed E-state index contributed by atoms with van der Waals surface area (Å²) < 4.78 is 38.4. The molecule has 0 saturated heterocycles. The summed E-state index contributed by atoms with van der Waals surface area (Å²) in [7, 11) is -3.43. The molecular weight excluding hydrogens is 374 g/mol. The Labute approximate surface area is 167 Å². The highest BCUT2D eigenvalue weighted by atomic mass is 32.2. The molecule has 148 valence electrons. The quantitative estimate of drug-likeness (QED) is 0.758. The van der Waals surface area contributed by atoms with Gasteiger partial charge in [0, 0.05) is 12.0 Å². The van der Waals surface area contributed by atoms with Crippen LogP contribution in [0.4, 0.5) is 0 Å². The smallest absolute Gasteiger partial charge is 0.216 e. The largest absolute Gasteiger partial charge is 0.483 e. The molecule has 0 amide bonds. The molecule has 2 aromatic carbocycles. The van der Waals surface area contributed by atoms with Crippen LogP contribution in [0.5, 0.6) is 11.5 Å². The summed E-state index contributed by atoms with van der Waals surface area (Å²) in [5.74, 6) is 7.00. The van der Waals surface area contributed by atoms with Gasteiger partial charge in [-0.1, -0.05) is 53.8 Å². The van der Waals surface area contributed by atoms with Crippen LogP contribution in [0, 0.1) is 18.8 Å². The second-order valence-electron chi connectivity index (χ2n) is 7.49. The van der Waals surface area contributed by atoms with E-state index in [1.165, 1.54) is 0 Å². The van der Waals surface area contributed by atoms with Crippen molar-refractivity contribution in [3.63, 3.8) is 0 Å². The van der Waals surface area contributed by atoms with Crippen molar-refractivity contribution in [1.82, 2.24) is 4.72 Å². The standard InChI is InChI=1S/C22H25NO4S/c1-17-8-6-9-18(14-17)16-28(24,25)23-12-4-5-13-26-20-11-7-10-19-15-22(2,3)27-21(19)20/h6-11,14,23H,12-13,15-16H2,1-3H3. The Hall–Kier alpha value is -2.49. The van der Waals surface area contributed by atoms with E-state index < -0.39 is 10.0 Å². The number of hydrogen-bond donors (Lipinski definition) is 1. The Morgan fingerprint density at radius 3 is 2.75 bits per heavy atom. The molecule has 0 radical (unpaired) electrons. The van der Waals surface area contributed by atoms with Crippen molar-refractivity contribution >= 4 is 10.0 Å². The second kappa shape index (κ2) is 8.26. The van der Waals surface area contributed by atoms with Crippen molar-refractivity contribution in [2.24, 2.45) is 0 Å². The van der Waals surface area contributed by atoms with Crippen LogP contribution in [0.1, 0.15) is 30.5 Å². The molecule has 0 aromatic heterocycles. The maximum Gasteiger partial charge on any atom is 0.216 e. The summed E-state index contributed by atoms with van der Waals surface area (Å²) >= 11 is 0. The number of fused-ring (bicyclic) bond motifs is 1. The van der Waals surface area contributed by atoms with Gasteiger partial charge in [0.05, 0.1) is 12.3 Å². The maximum atomic E-state index is 12.1. The molecule has 1 aliphatic heterocycles. The van der Waals surface area contributed by atoms with Crippen LogP contribution in [0.25, 0.3) is 0 Å². The highest BCUT2D eigenvalue weighted by Crippen LogP contribution is 2.41. The van der Waals surface area contributed by atoms with Gasteiger partial charge in [-0.25, -0.2) is 13.1 Å². The number of para-hydroxylation sites is 1. The highest BCUT2D eigenvalue weighted by Gasteiger charge is 2.32. The van der Waals surface area contributed by atoms with Gasteiger partial charge in [-0.3, -0.25) is 0 Å². The lowest BCUT2D eigenvalue weighted by Gasteiger charge is -2.17. The molecule has 1 heterocycles. The monoisotopic (exact) mass is 399 g/mol. The minimum Gasteiger partial charge on any atom is -0.483 e. The fourth-order valence-corrected chi connectivity index (χ4v) is 4.16. The number of hydrogen-bond acceptors (Lipinski definition) is 4. The first-order chi connectivity index (χ1) is 13.2. The van der Waals surface area contributed by atoms with E-state index in [0.717, 1.165) is 28.9 Å². The molecule has 6 heteroatoms. The predicted molar refractivity (Wildman–Crippen MR) is 110 cm³/mol. The lowest BCUT2D eigenvalue weighted by atomic mass is 10.0. The van der Waals surface area contributed by atoms with Crippen LogP contribution < -0.4 is 14.2 Å². The van der Waals surface area contributed by atoms with E-state index in [-0.39, 0.29) is 24.5 Å². The fourth-order valence-electron chi connectivity index (χ4n) is 3.15. The summed E-state index contributed by atoms with van der Waals surface area (Å²) in [6, 6.07) is 13.3. The molecule has 28 heavy (non-hydrogen) atoms. The minimum atomic E-state index is -3.43. The first-order valence-electron chi connectivity index (χ1n) is 9.16. The van der Waals surface area contributed by atoms with Crippen LogP contribution in [-0.2, 0) is 22.2 Å². The molecule has 1 aliphatic rings. The van der Waals surface area contributed by atoms with E-state index in [9.17, 15) is 8.42 Å². The van der Waals surface area contributed by atoms with Gasteiger partial charge in [0.2, 0.25) is 10.0 Å². The van der Waals surface area contributed by atoms with E-state index in [0.29, 0.717) is 5.75 Å². The topological polar surface area (TPSA) is 64.6 Å². The third-order valence-electron chi connectivity index (χ3n) is 4.30. The van der Waals surface area contributed by atoms with E-state index >= 15 is 0 Å². The summed E-state index contributed by atoms with van der Waals surface area (Å²) in [4.78, 5) is 0. The van der Waals surface area contributed by atoms with Gasteiger partial charge in [-0.15, -0.1) is 0 Å². The lowest BCUT2D eigenvalue weighted by Crippen LogP contribution is -2.25. The van der Waals surface area contributed by atoms with Crippen molar-refractivity contribution in [1.29, 1.82) is 0 Å². The Morgan fingerprint density at radius 1 is 1.18 bits per heavy atom. The van der Waals surface area contributed by atoms with Crippen LogP contribution >= 0.6 is 0 Å². The number of ether oxygens (including phenoxy) is 2. The number of nitrogens with one attached hydrogen (secondary N) is 1. The molecule has 5 nitrogen and oxygen atoms in total. The zero-order valence-electron chi connectivity index (χ0n) is 16.4. The molecule has 0 spiro atoms. The van der Waals surface area contributed by atoms with E-state index in [2.05, 4.69) is 16.6 Å². The lowest BCUT2D eigenvalue weighted by molar-refractivity contribution is 0.133. The predicted octanol–water partition coefficient (Wildman–Crippen LogP) is 3.21. The molecule has 0 atom stereocenters. The molecule has 0 saturated carbocycles. The third kappa shape index (κ3) is 5.51. The van der Waals surface area contributed by atoms with Crippen LogP contribution in [0.3, 0.4) is 0 Å². The molecule has 0 bridgehead atoms. The van der Waals surface area contributed by atoms with Crippen molar-refractivity contribution in [3.8, 4) is 23.3 Å². The molecule has 0 fully saturated rings.